The lowest BCUT2D eigenvalue weighted by Crippen LogP contribution is -2.30. The second-order valence-electron chi connectivity index (χ2n) is 4.55. The highest BCUT2D eigenvalue weighted by Gasteiger charge is 2.24. The number of halogens is 1. The number of thiophene rings is 1. The molecule has 2 heterocycles. The number of hydrazine groups is 1. The van der Waals surface area contributed by atoms with Gasteiger partial charge in [-0.3, -0.25) is 10.5 Å². The van der Waals surface area contributed by atoms with Gasteiger partial charge in [0.25, 0.3) is 0 Å². The molecule has 2 aromatic rings. The Morgan fingerprint density at radius 1 is 1.56 bits per heavy atom. The Labute approximate surface area is 118 Å². The van der Waals surface area contributed by atoms with E-state index in [2.05, 4.69) is 32.5 Å². The van der Waals surface area contributed by atoms with Crippen molar-refractivity contribution in [2.45, 2.75) is 25.3 Å². The first-order chi connectivity index (χ1) is 8.70. The maximum atomic E-state index is 5.75. The van der Waals surface area contributed by atoms with E-state index in [4.69, 9.17) is 5.84 Å². The zero-order valence-electron chi connectivity index (χ0n) is 10.1. The van der Waals surface area contributed by atoms with Gasteiger partial charge < -0.3 is 0 Å². The Hall–Kier alpha value is -0.690. The van der Waals surface area contributed by atoms with Crippen LogP contribution in [0.1, 0.15) is 33.5 Å². The summed E-state index contributed by atoms with van der Waals surface area (Å²) in [6, 6.07) is 2.29. The molecule has 4 nitrogen and oxygen atoms in total. The summed E-state index contributed by atoms with van der Waals surface area (Å²) >= 11 is 5.40. The molecule has 3 rings (SSSR count). The van der Waals surface area contributed by atoms with E-state index in [0.717, 1.165) is 10.2 Å². The van der Waals surface area contributed by atoms with Gasteiger partial charge in [0.05, 0.1) is 22.4 Å². The van der Waals surface area contributed by atoms with Crippen molar-refractivity contribution in [3.63, 3.8) is 0 Å². The predicted molar refractivity (Wildman–Crippen MR) is 76.4 cm³/mol. The van der Waals surface area contributed by atoms with Crippen molar-refractivity contribution in [3.8, 4) is 0 Å². The normalized spacial score (nSPS) is 15.9. The van der Waals surface area contributed by atoms with Crippen molar-refractivity contribution < 1.29 is 0 Å². The van der Waals surface area contributed by atoms with E-state index in [0.29, 0.717) is 0 Å². The summed E-state index contributed by atoms with van der Waals surface area (Å²) in [6.45, 7) is 0. The van der Waals surface area contributed by atoms with Gasteiger partial charge in [-0.05, 0) is 46.8 Å². The minimum atomic E-state index is 0.00229. The Balaban J connectivity index is 2.02. The fourth-order valence-electron chi connectivity index (χ4n) is 2.54. The highest BCUT2D eigenvalue weighted by Crippen LogP contribution is 2.37. The third-order valence-corrected chi connectivity index (χ3v) is 5.34. The van der Waals surface area contributed by atoms with Gasteiger partial charge in [0.2, 0.25) is 0 Å². The molecule has 0 aliphatic heterocycles. The predicted octanol–water partition coefficient (Wildman–Crippen LogP) is 2.29. The van der Waals surface area contributed by atoms with Crippen molar-refractivity contribution in [1.82, 2.24) is 15.2 Å². The van der Waals surface area contributed by atoms with Crippen molar-refractivity contribution in [2.24, 2.45) is 12.9 Å². The largest absolute Gasteiger partial charge is 0.270 e. The lowest BCUT2D eigenvalue weighted by Gasteiger charge is -2.15. The van der Waals surface area contributed by atoms with Gasteiger partial charge in [-0.2, -0.15) is 5.10 Å². The van der Waals surface area contributed by atoms with Crippen molar-refractivity contribution in [3.05, 3.63) is 37.7 Å². The number of aryl methyl sites for hydroxylation is 3. The maximum absolute atomic E-state index is 5.75. The molecule has 2 aromatic heterocycles. The molecule has 1 aliphatic rings. The van der Waals surface area contributed by atoms with E-state index >= 15 is 0 Å². The third kappa shape index (κ3) is 1.93. The molecular weight excluding hydrogens is 312 g/mol. The average molecular weight is 327 g/mol. The fraction of sp³-hybridized carbons (Fsp3) is 0.417. The summed E-state index contributed by atoms with van der Waals surface area (Å²) in [5.74, 6) is 5.75. The number of rotatable bonds is 3. The van der Waals surface area contributed by atoms with Crippen LogP contribution < -0.4 is 11.3 Å². The number of nitrogens with two attached hydrogens (primary N) is 1. The fourth-order valence-corrected chi connectivity index (χ4v) is 4.43. The summed E-state index contributed by atoms with van der Waals surface area (Å²) < 4.78 is 2.85. The van der Waals surface area contributed by atoms with Crippen LogP contribution >= 0.6 is 27.3 Å². The third-order valence-electron chi connectivity index (χ3n) is 3.43. The molecule has 0 spiro atoms. The first kappa shape index (κ1) is 12.3. The standard InChI is InChI=1S/C12H15BrN4S/c1-17-12(8(13)6-15-17)11(16-14)10-5-7-3-2-4-9(7)18-10/h5-6,11,16H,2-4,14H2,1H3. The highest BCUT2D eigenvalue weighted by atomic mass is 79.9. The molecule has 18 heavy (non-hydrogen) atoms. The molecule has 1 unspecified atom stereocenters. The van der Waals surface area contributed by atoms with Gasteiger partial charge in [-0.25, -0.2) is 5.43 Å². The van der Waals surface area contributed by atoms with E-state index in [9.17, 15) is 0 Å². The summed E-state index contributed by atoms with van der Waals surface area (Å²) in [5.41, 5.74) is 5.47. The topological polar surface area (TPSA) is 55.9 Å². The summed E-state index contributed by atoms with van der Waals surface area (Å²) in [7, 11) is 1.94. The van der Waals surface area contributed by atoms with E-state index in [1.807, 2.05) is 23.1 Å². The van der Waals surface area contributed by atoms with Gasteiger partial charge in [-0.1, -0.05) is 0 Å². The van der Waals surface area contributed by atoms with Crippen LogP contribution in [0.5, 0.6) is 0 Å². The number of nitrogens with one attached hydrogen (secondary N) is 1. The maximum Gasteiger partial charge on any atom is 0.0981 e. The second-order valence-corrected chi connectivity index (χ2v) is 6.57. The summed E-state index contributed by atoms with van der Waals surface area (Å²) in [4.78, 5) is 2.79. The molecule has 1 atom stereocenters. The molecule has 0 saturated heterocycles. The van der Waals surface area contributed by atoms with Crippen molar-refractivity contribution in [2.75, 3.05) is 0 Å². The van der Waals surface area contributed by atoms with Gasteiger partial charge >= 0.3 is 0 Å². The molecule has 0 aromatic carbocycles. The summed E-state index contributed by atoms with van der Waals surface area (Å²) in [5, 5.41) is 4.25. The zero-order chi connectivity index (χ0) is 12.7. The van der Waals surface area contributed by atoms with Crippen LogP contribution in [0.25, 0.3) is 0 Å². The smallest absolute Gasteiger partial charge is 0.0981 e. The average Bonchev–Trinajstić information content (AvgIpc) is 2.99. The van der Waals surface area contributed by atoms with Crippen LogP contribution in [0.2, 0.25) is 0 Å². The molecule has 0 saturated carbocycles. The molecule has 6 heteroatoms. The van der Waals surface area contributed by atoms with Gasteiger partial charge in [-0.15, -0.1) is 11.3 Å². The second kappa shape index (κ2) is 4.77. The van der Waals surface area contributed by atoms with Gasteiger partial charge in [0, 0.05) is 16.8 Å². The minimum Gasteiger partial charge on any atom is -0.270 e. The van der Waals surface area contributed by atoms with Crippen LogP contribution in [-0.4, -0.2) is 9.78 Å². The first-order valence-electron chi connectivity index (χ1n) is 5.95. The lowest BCUT2D eigenvalue weighted by atomic mass is 10.1. The quantitative estimate of drug-likeness (QED) is 0.672. The molecule has 0 bridgehead atoms. The van der Waals surface area contributed by atoms with E-state index in [1.165, 1.54) is 34.6 Å². The number of hydrogen-bond acceptors (Lipinski definition) is 4. The van der Waals surface area contributed by atoms with Gasteiger partial charge in [0.15, 0.2) is 0 Å². The number of aromatic nitrogens is 2. The van der Waals surface area contributed by atoms with Crippen LogP contribution in [0.15, 0.2) is 16.7 Å². The molecular formula is C12H15BrN4S. The van der Waals surface area contributed by atoms with Crippen LogP contribution in [0.3, 0.4) is 0 Å². The molecule has 0 fully saturated rings. The van der Waals surface area contributed by atoms with Crippen LogP contribution in [0.4, 0.5) is 0 Å². The summed E-state index contributed by atoms with van der Waals surface area (Å²) in [6.07, 6.45) is 5.51. The Morgan fingerprint density at radius 2 is 2.39 bits per heavy atom. The Bertz CT molecular complexity index is 534. The van der Waals surface area contributed by atoms with Crippen LogP contribution in [0, 0.1) is 0 Å². The SMILES string of the molecule is Cn1ncc(Br)c1C(NN)c1cc2c(s1)CCC2. The highest BCUT2D eigenvalue weighted by molar-refractivity contribution is 9.10. The number of nitrogens with zero attached hydrogens (tertiary/aromatic N) is 2. The molecule has 1 aliphatic carbocycles. The van der Waals surface area contributed by atoms with E-state index in [1.54, 1.807) is 6.20 Å². The van der Waals surface area contributed by atoms with E-state index < -0.39 is 0 Å². The van der Waals surface area contributed by atoms with Crippen LogP contribution in [-0.2, 0) is 19.9 Å². The van der Waals surface area contributed by atoms with Crippen molar-refractivity contribution in [1.29, 1.82) is 0 Å². The molecule has 0 radical (unpaired) electrons. The Kier molecular flexibility index (Phi) is 3.27. The minimum absolute atomic E-state index is 0.00229. The molecule has 0 amide bonds. The van der Waals surface area contributed by atoms with E-state index in [-0.39, 0.29) is 6.04 Å². The van der Waals surface area contributed by atoms with Gasteiger partial charge in [0.1, 0.15) is 0 Å². The monoisotopic (exact) mass is 326 g/mol. The first-order valence-corrected chi connectivity index (χ1v) is 7.56. The lowest BCUT2D eigenvalue weighted by molar-refractivity contribution is 0.579. The number of hydrogen-bond donors (Lipinski definition) is 2. The molecule has 3 N–H and O–H groups in total. The number of fused-ring (bicyclic) bond motifs is 1. The van der Waals surface area contributed by atoms with Crippen molar-refractivity contribution >= 4 is 27.3 Å². The zero-order valence-corrected chi connectivity index (χ0v) is 12.5. The molecule has 96 valence electrons. The Morgan fingerprint density at radius 3 is 3.00 bits per heavy atom.